The molecular weight excluding hydrogens is 414 g/mol. The predicted octanol–water partition coefficient (Wildman–Crippen LogP) is 4.16. The highest BCUT2D eigenvalue weighted by Crippen LogP contribution is 2.37. The van der Waals surface area contributed by atoms with Crippen molar-refractivity contribution < 1.29 is 14.6 Å². The van der Waals surface area contributed by atoms with Gasteiger partial charge in [-0.15, -0.1) is 6.42 Å². The largest absolute Gasteiger partial charge is 0.439 e. The summed E-state index contributed by atoms with van der Waals surface area (Å²) in [5.74, 6) is 3.93. The van der Waals surface area contributed by atoms with Crippen LogP contribution in [0.15, 0.2) is 54.6 Å². The number of benzene rings is 2. The third kappa shape index (κ3) is 6.02. The fraction of sp³-hybridized carbons (Fsp3) is 0.370. The van der Waals surface area contributed by atoms with Gasteiger partial charge in [-0.1, -0.05) is 48.4 Å². The van der Waals surface area contributed by atoms with Gasteiger partial charge >= 0.3 is 0 Å². The van der Waals surface area contributed by atoms with E-state index in [1.165, 1.54) is 0 Å². The topological polar surface area (TPSA) is 59.8 Å². The summed E-state index contributed by atoms with van der Waals surface area (Å²) in [4.78, 5) is 2.30. The lowest BCUT2D eigenvalue weighted by Crippen LogP contribution is -2.36. The Bertz CT molecular complexity index is 1100. The van der Waals surface area contributed by atoms with Crippen LogP contribution in [-0.4, -0.2) is 51.7 Å². The van der Waals surface area contributed by atoms with Crippen molar-refractivity contribution in [3.05, 3.63) is 65.7 Å². The Hall–Kier alpha value is -3.11. The minimum Gasteiger partial charge on any atom is -0.439 e. The number of hydrogen-bond acceptors (Lipinski definition) is 5. The third-order valence-corrected chi connectivity index (χ3v) is 5.70. The SMILES string of the molecule is C#CCOC[C@H](O)CN(Cc1c(-c2ccccc2)nn(C)c1Oc1cccc(C)c1)C1CC1. The summed E-state index contributed by atoms with van der Waals surface area (Å²) in [6, 6.07) is 18.6. The average molecular weight is 446 g/mol. The standard InChI is InChI=1S/C27H31N3O3/c1-4-15-32-19-23(31)17-30(22-13-14-22)18-25-26(21-10-6-5-7-11-21)28-29(3)27(25)33-24-12-8-9-20(2)16-24/h1,5-12,16,22-23,31H,13-15,17-19H2,2-3H3/t23-/m1/s1. The van der Waals surface area contributed by atoms with Gasteiger partial charge in [0.2, 0.25) is 5.88 Å². The van der Waals surface area contributed by atoms with Crippen molar-refractivity contribution >= 4 is 0 Å². The molecule has 6 nitrogen and oxygen atoms in total. The van der Waals surface area contributed by atoms with Crippen LogP contribution in [0.2, 0.25) is 0 Å². The average Bonchev–Trinajstić information content (AvgIpc) is 3.61. The van der Waals surface area contributed by atoms with Crippen molar-refractivity contribution in [2.45, 2.75) is 38.5 Å². The van der Waals surface area contributed by atoms with Crippen LogP contribution in [0.1, 0.15) is 24.0 Å². The molecule has 33 heavy (non-hydrogen) atoms. The molecule has 0 unspecified atom stereocenters. The van der Waals surface area contributed by atoms with E-state index in [1.807, 2.05) is 56.4 Å². The van der Waals surface area contributed by atoms with Gasteiger partial charge in [-0.05, 0) is 37.5 Å². The van der Waals surface area contributed by atoms with Crippen molar-refractivity contribution in [2.24, 2.45) is 7.05 Å². The maximum Gasteiger partial charge on any atom is 0.222 e. The molecule has 1 aromatic heterocycles. The molecule has 1 atom stereocenters. The van der Waals surface area contributed by atoms with Crippen LogP contribution in [0.25, 0.3) is 11.3 Å². The van der Waals surface area contributed by atoms with Crippen molar-refractivity contribution in [1.82, 2.24) is 14.7 Å². The van der Waals surface area contributed by atoms with Gasteiger partial charge in [-0.3, -0.25) is 4.90 Å². The van der Waals surface area contributed by atoms with Crippen molar-refractivity contribution in [1.29, 1.82) is 0 Å². The van der Waals surface area contributed by atoms with Gasteiger partial charge < -0.3 is 14.6 Å². The Morgan fingerprint density at radius 2 is 2.00 bits per heavy atom. The lowest BCUT2D eigenvalue weighted by molar-refractivity contribution is 0.0241. The molecule has 0 saturated heterocycles. The highest BCUT2D eigenvalue weighted by Gasteiger charge is 2.33. The van der Waals surface area contributed by atoms with Gasteiger partial charge in [0.25, 0.3) is 0 Å². The minimum absolute atomic E-state index is 0.204. The van der Waals surface area contributed by atoms with Crippen LogP contribution in [0.3, 0.4) is 0 Å². The van der Waals surface area contributed by atoms with E-state index in [0.717, 1.165) is 41.0 Å². The van der Waals surface area contributed by atoms with E-state index in [0.29, 0.717) is 25.0 Å². The smallest absolute Gasteiger partial charge is 0.222 e. The maximum absolute atomic E-state index is 10.5. The second-order valence-electron chi connectivity index (χ2n) is 8.57. The van der Waals surface area contributed by atoms with Gasteiger partial charge in [0.1, 0.15) is 18.1 Å². The first-order chi connectivity index (χ1) is 16.0. The molecule has 172 valence electrons. The highest BCUT2D eigenvalue weighted by molar-refractivity contribution is 5.65. The zero-order valence-corrected chi connectivity index (χ0v) is 19.3. The Kier molecular flexibility index (Phi) is 7.46. The van der Waals surface area contributed by atoms with Crippen molar-refractivity contribution in [3.63, 3.8) is 0 Å². The van der Waals surface area contributed by atoms with Crippen LogP contribution in [-0.2, 0) is 18.3 Å². The summed E-state index contributed by atoms with van der Waals surface area (Å²) in [6.45, 7) is 3.59. The van der Waals surface area contributed by atoms with Crippen LogP contribution < -0.4 is 4.74 Å². The summed E-state index contributed by atoms with van der Waals surface area (Å²) in [5.41, 5.74) is 4.07. The second-order valence-corrected chi connectivity index (χ2v) is 8.57. The first kappa shape index (κ1) is 23.1. The molecule has 1 heterocycles. The molecule has 0 bridgehead atoms. The van der Waals surface area contributed by atoms with Gasteiger partial charge in [0, 0.05) is 31.7 Å². The summed E-state index contributed by atoms with van der Waals surface area (Å²) >= 11 is 0. The Labute approximate surface area is 195 Å². The number of terminal acetylenes is 1. The number of hydrogen-bond donors (Lipinski definition) is 1. The van der Waals surface area contributed by atoms with E-state index in [4.69, 9.17) is 21.0 Å². The molecular formula is C27H31N3O3. The number of aliphatic hydroxyl groups excluding tert-OH is 1. The molecule has 6 heteroatoms. The Morgan fingerprint density at radius 1 is 1.21 bits per heavy atom. The number of nitrogens with zero attached hydrogens (tertiary/aromatic N) is 3. The molecule has 0 aliphatic heterocycles. The lowest BCUT2D eigenvalue weighted by Gasteiger charge is -2.25. The van der Waals surface area contributed by atoms with Gasteiger partial charge in [0.15, 0.2) is 0 Å². The quantitative estimate of drug-likeness (QED) is 0.355. The Balaban J connectivity index is 1.64. The normalized spacial score (nSPS) is 14.3. The van der Waals surface area contributed by atoms with Crippen molar-refractivity contribution in [3.8, 4) is 35.2 Å². The number of aromatic nitrogens is 2. The molecule has 1 fully saturated rings. The second kappa shape index (κ2) is 10.7. The van der Waals surface area contributed by atoms with Gasteiger partial charge in [-0.2, -0.15) is 5.10 Å². The van der Waals surface area contributed by atoms with E-state index in [2.05, 4.69) is 23.0 Å². The molecule has 1 saturated carbocycles. The molecule has 3 aromatic rings. The number of aryl methyl sites for hydroxylation is 2. The summed E-state index contributed by atoms with van der Waals surface area (Å²) in [6.07, 6.45) is 6.87. The van der Waals surface area contributed by atoms with Crippen LogP contribution in [0.4, 0.5) is 0 Å². The van der Waals surface area contributed by atoms with Crippen LogP contribution in [0.5, 0.6) is 11.6 Å². The molecule has 0 spiro atoms. The van der Waals surface area contributed by atoms with Gasteiger partial charge in [-0.25, -0.2) is 4.68 Å². The zero-order chi connectivity index (χ0) is 23.2. The first-order valence-electron chi connectivity index (χ1n) is 11.3. The highest BCUT2D eigenvalue weighted by atomic mass is 16.5. The van der Waals surface area contributed by atoms with E-state index in [1.54, 1.807) is 4.68 Å². The van der Waals surface area contributed by atoms with E-state index >= 15 is 0 Å². The number of rotatable bonds is 11. The monoisotopic (exact) mass is 445 g/mol. The third-order valence-electron chi connectivity index (χ3n) is 5.70. The van der Waals surface area contributed by atoms with Crippen LogP contribution in [0, 0.1) is 19.3 Å². The van der Waals surface area contributed by atoms with E-state index in [-0.39, 0.29) is 13.2 Å². The minimum atomic E-state index is -0.614. The molecule has 1 aliphatic carbocycles. The molecule has 0 radical (unpaired) electrons. The number of ether oxygens (including phenoxy) is 2. The summed E-state index contributed by atoms with van der Waals surface area (Å²) < 4.78 is 13.5. The fourth-order valence-corrected chi connectivity index (χ4v) is 4.00. The van der Waals surface area contributed by atoms with Crippen LogP contribution >= 0.6 is 0 Å². The lowest BCUT2D eigenvalue weighted by atomic mass is 10.1. The Morgan fingerprint density at radius 3 is 2.70 bits per heavy atom. The van der Waals surface area contributed by atoms with Gasteiger partial charge in [0.05, 0.1) is 18.3 Å². The zero-order valence-electron chi connectivity index (χ0n) is 19.3. The summed E-state index contributed by atoms with van der Waals surface area (Å²) in [7, 11) is 1.91. The molecule has 1 N–H and O–H groups in total. The molecule has 1 aliphatic rings. The predicted molar refractivity (Wildman–Crippen MR) is 129 cm³/mol. The first-order valence-corrected chi connectivity index (χ1v) is 11.3. The molecule has 4 rings (SSSR count). The van der Waals surface area contributed by atoms with E-state index < -0.39 is 6.10 Å². The molecule has 2 aromatic carbocycles. The van der Waals surface area contributed by atoms with E-state index in [9.17, 15) is 5.11 Å². The molecule has 0 amide bonds. The fourth-order valence-electron chi connectivity index (χ4n) is 4.00. The van der Waals surface area contributed by atoms with Crippen molar-refractivity contribution in [2.75, 3.05) is 19.8 Å². The number of aliphatic hydroxyl groups is 1. The maximum atomic E-state index is 10.5. The summed E-state index contributed by atoms with van der Waals surface area (Å²) in [5, 5.41) is 15.4.